The van der Waals surface area contributed by atoms with E-state index in [0.29, 0.717) is 0 Å². The van der Waals surface area contributed by atoms with Gasteiger partial charge in [-0.15, -0.1) is 0 Å². The van der Waals surface area contributed by atoms with Gasteiger partial charge in [-0.25, -0.2) is 4.79 Å². The standard InChI is InChI=1S/C11H16O3/c1-9(2)5-4-6-10(3)7-11(13)14-8-12/h5,7-8H,4,6H2,1-3H3/b10-7+. The van der Waals surface area contributed by atoms with Gasteiger partial charge in [-0.3, -0.25) is 4.79 Å². The summed E-state index contributed by atoms with van der Waals surface area (Å²) in [5.74, 6) is -0.602. The second kappa shape index (κ2) is 7.06. The van der Waals surface area contributed by atoms with E-state index in [2.05, 4.69) is 10.8 Å². The van der Waals surface area contributed by atoms with E-state index in [1.54, 1.807) is 0 Å². The predicted octanol–water partition coefficient (Wildman–Crippen LogP) is 2.38. The topological polar surface area (TPSA) is 43.4 Å². The lowest BCUT2D eigenvalue weighted by molar-refractivity contribution is -0.147. The second-order valence-electron chi connectivity index (χ2n) is 3.34. The summed E-state index contributed by atoms with van der Waals surface area (Å²) in [5, 5.41) is 0. The monoisotopic (exact) mass is 196 g/mol. The third-order valence-electron chi connectivity index (χ3n) is 1.62. The lowest BCUT2D eigenvalue weighted by Crippen LogP contribution is -1.98. The molecule has 0 spiro atoms. The van der Waals surface area contributed by atoms with Gasteiger partial charge in [-0.2, -0.15) is 0 Å². The van der Waals surface area contributed by atoms with Gasteiger partial charge < -0.3 is 4.74 Å². The van der Waals surface area contributed by atoms with E-state index < -0.39 is 5.97 Å². The Morgan fingerprint density at radius 3 is 2.43 bits per heavy atom. The molecule has 0 aromatic carbocycles. The van der Waals surface area contributed by atoms with Gasteiger partial charge in [-0.1, -0.05) is 17.2 Å². The molecule has 0 aromatic heterocycles. The van der Waals surface area contributed by atoms with Gasteiger partial charge in [0.05, 0.1) is 0 Å². The summed E-state index contributed by atoms with van der Waals surface area (Å²) in [7, 11) is 0. The number of ether oxygens (including phenoxy) is 1. The smallest absolute Gasteiger partial charge is 0.338 e. The lowest BCUT2D eigenvalue weighted by atomic mass is 10.1. The number of carbonyl (C=O) groups is 2. The summed E-state index contributed by atoms with van der Waals surface area (Å²) in [6, 6.07) is 0. The molecule has 3 heteroatoms. The molecule has 3 nitrogen and oxygen atoms in total. The van der Waals surface area contributed by atoms with Crippen molar-refractivity contribution in [1.29, 1.82) is 0 Å². The summed E-state index contributed by atoms with van der Waals surface area (Å²) in [4.78, 5) is 20.6. The van der Waals surface area contributed by atoms with Crippen LogP contribution in [0.25, 0.3) is 0 Å². The van der Waals surface area contributed by atoms with E-state index in [9.17, 15) is 9.59 Å². The Hall–Kier alpha value is -1.38. The van der Waals surface area contributed by atoms with Crippen LogP contribution in [-0.4, -0.2) is 12.4 Å². The zero-order valence-corrected chi connectivity index (χ0v) is 8.87. The van der Waals surface area contributed by atoms with Crippen LogP contribution < -0.4 is 0 Å². The maximum atomic E-state index is 10.8. The fraction of sp³-hybridized carbons (Fsp3) is 0.455. The maximum absolute atomic E-state index is 10.8. The summed E-state index contributed by atoms with van der Waals surface area (Å²) in [6.45, 7) is 6.03. The number of allylic oxidation sites excluding steroid dienone is 3. The van der Waals surface area contributed by atoms with Crippen molar-refractivity contribution in [1.82, 2.24) is 0 Å². The van der Waals surface area contributed by atoms with Crippen LogP contribution in [0.3, 0.4) is 0 Å². The average Bonchev–Trinajstić information content (AvgIpc) is 2.03. The molecule has 78 valence electrons. The second-order valence-corrected chi connectivity index (χ2v) is 3.34. The van der Waals surface area contributed by atoms with Crippen molar-refractivity contribution in [3.05, 3.63) is 23.3 Å². The third kappa shape index (κ3) is 7.28. The highest BCUT2D eigenvalue weighted by molar-refractivity contribution is 5.87. The molecule has 0 heterocycles. The molecule has 0 radical (unpaired) electrons. The molecule has 0 N–H and O–H groups in total. The van der Waals surface area contributed by atoms with Crippen molar-refractivity contribution in [2.45, 2.75) is 33.6 Å². The van der Waals surface area contributed by atoms with Crippen LogP contribution in [0.2, 0.25) is 0 Å². The van der Waals surface area contributed by atoms with Crippen molar-refractivity contribution in [3.8, 4) is 0 Å². The molecule has 0 aliphatic heterocycles. The Balaban J connectivity index is 3.94. The van der Waals surface area contributed by atoms with E-state index in [0.717, 1.165) is 18.4 Å². The fourth-order valence-corrected chi connectivity index (χ4v) is 0.943. The molecule has 0 atom stereocenters. The van der Waals surface area contributed by atoms with Crippen molar-refractivity contribution in [3.63, 3.8) is 0 Å². The van der Waals surface area contributed by atoms with Crippen LogP contribution >= 0.6 is 0 Å². The molecule has 0 saturated carbocycles. The minimum absolute atomic E-state index is 0.141. The van der Waals surface area contributed by atoms with Crippen LogP contribution in [0.5, 0.6) is 0 Å². The van der Waals surface area contributed by atoms with Crippen LogP contribution in [0.4, 0.5) is 0 Å². The Morgan fingerprint density at radius 1 is 1.29 bits per heavy atom. The first-order valence-electron chi connectivity index (χ1n) is 4.51. The quantitative estimate of drug-likeness (QED) is 0.223. The Kier molecular flexibility index (Phi) is 6.37. The van der Waals surface area contributed by atoms with E-state index in [1.807, 2.05) is 20.8 Å². The normalized spacial score (nSPS) is 10.6. The Bertz CT molecular complexity index is 258. The number of hydrogen-bond donors (Lipinski definition) is 0. The van der Waals surface area contributed by atoms with Crippen LogP contribution in [-0.2, 0) is 14.3 Å². The molecule has 0 aliphatic carbocycles. The average molecular weight is 196 g/mol. The van der Waals surface area contributed by atoms with E-state index in [1.165, 1.54) is 11.6 Å². The molecule has 0 rings (SSSR count). The molecule has 0 saturated heterocycles. The van der Waals surface area contributed by atoms with Gasteiger partial charge in [0.2, 0.25) is 0 Å². The summed E-state index contributed by atoms with van der Waals surface area (Å²) >= 11 is 0. The minimum Gasteiger partial charge on any atom is -0.392 e. The highest BCUT2D eigenvalue weighted by Crippen LogP contribution is 2.06. The predicted molar refractivity (Wildman–Crippen MR) is 54.6 cm³/mol. The maximum Gasteiger partial charge on any atom is 0.338 e. The van der Waals surface area contributed by atoms with Gasteiger partial charge in [0.25, 0.3) is 0 Å². The Labute approximate surface area is 84.4 Å². The molecular weight excluding hydrogens is 180 g/mol. The SMILES string of the molecule is CC(C)=CCC/C(C)=C/C(=O)OC=O. The van der Waals surface area contributed by atoms with Gasteiger partial charge in [0.15, 0.2) is 0 Å². The first kappa shape index (κ1) is 12.6. The summed E-state index contributed by atoms with van der Waals surface area (Å²) in [6.07, 6.45) is 5.15. The number of esters is 1. The molecular formula is C11H16O3. The van der Waals surface area contributed by atoms with E-state index in [-0.39, 0.29) is 6.47 Å². The highest BCUT2D eigenvalue weighted by atomic mass is 16.6. The largest absolute Gasteiger partial charge is 0.392 e. The summed E-state index contributed by atoms with van der Waals surface area (Å²) < 4.78 is 4.13. The zero-order valence-electron chi connectivity index (χ0n) is 8.87. The lowest BCUT2D eigenvalue weighted by Gasteiger charge is -1.97. The van der Waals surface area contributed by atoms with Crippen molar-refractivity contribution in [2.24, 2.45) is 0 Å². The molecule has 0 aromatic rings. The molecule has 0 unspecified atom stereocenters. The fourth-order valence-electron chi connectivity index (χ4n) is 0.943. The molecule has 0 aliphatic rings. The minimum atomic E-state index is -0.602. The van der Waals surface area contributed by atoms with E-state index in [4.69, 9.17) is 0 Å². The van der Waals surface area contributed by atoms with Gasteiger partial charge in [0, 0.05) is 6.08 Å². The molecule has 0 bridgehead atoms. The van der Waals surface area contributed by atoms with Crippen molar-refractivity contribution < 1.29 is 14.3 Å². The first-order valence-corrected chi connectivity index (χ1v) is 4.51. The van der Waals surface area contributed by atoms with Crippen molar-refractivity contribution >= 4 is 12.4 Å². The molecule has 0 fully saturated rings. The first-order chi connectivity index (χ1) is 6.56. The number of hydrogen-bond acceptors (Lipinski definition) is 3. The number of carbonyl (C=O) groups excluding carboxylic acids is 2. The Morgan fingerprint density at radius 2 is 1.93 bits per heavy atom. The highest BCUT2D eigenvalue weighted by Gasteiger charge is 1.97. The summed E-state index contributed by atoms with van der Waals surface area (Å²) in [5.41, 5.74) is 2.17. The van der Waals surface area contributed by atoms with E-state index >= 15 is 0 Å². The number of rotatable bonds is 5. The van der Waals surface area contributed by atoms with Crippen LogP contribution in [0.15, 0.2) is 23.3 Å². The molecule has 0 amide bonds. The van der Waals surface area contributed by atoms with Crippen LogP contribution in [0, 0.1) is 0 Å². The van der Waals surface area contributed by atoms with Crippen LogP contribution in [0.1, 0.15) is 33.6 Å². The van der Waals surface area contributed by atoms with Crippen molar-refractivity contribution in [2.75, 3.05) is 0 Å². The van der Waals surface area contributed by atoms with Gasteiger partial charge in [0.1, 0.15) is 0 Å². The molecule has 14 heavy (non-hydrogen) atoms. The van der Waals surface area contributed by atoms with Gasteiger partial charge >= 0.3 is 12.4 Å². The van der Waals surface area contributed by atoms with Gasteiger partial charge in [-0.05, 0) is 33.6 Å². The zero-order chi connectivity index (χ0) is 11.0. The third-order valence-corrected chi connectivity index (χ3v) is 1.62.